The molecule has 0 aliphatic carbocycles. The Morgan fingerprint density at radius 1 is 1.09 bits per heavy atom. The van der Waals surface area contributed by atoms with Crippen LogP contribution in [-0.2, 0) is 11.3 Å². The second-order valence-electron chi connectivity index (χ2n) is 5.43. The number of anilines is 1. The number of carbonyl (C=O) groups excluding carboxylic acids is 1. The Bertz CT molecular complexity index is 912. The lowest BCUT2D eigenvalue weighted by Crippen LogP contribution is -2.27. The first kappa shape index (κ1) is 14.0. The van der Waals surface area contributed by atoms with E-state index in [2.05, 4.69) is 9.55 Å². The van der Waals surface area contributed by atoms with Gasteiger partial charge in [-0.1, -0.05) is 35.9 Å². The minimum Gasteiger partial charge on any atom is -0.308 e. The van der Waals surface area contributed by atoms with Gasteiger partial charge in [-0.05, 0) is 35.9 Å². The van der Waals surface area contributed by atoms with Gasteiger partial charge in [0.1, 0.15) is 0 Å². The molecular weight excluding hydrogens is 310 g/mol. The molecule has 114 valence electrons. The van der Waals surface area contributed by atoms with Crippen molar-refractivity contribution in [2.45, 2.75) is 6.54 Å². The summed E-state index contributed by atoms with van der Waals surface area (Å²) in [6.45, 7) is 1.42. The van der Waals surface area contributed by atoms with Crippen molar-refractivity contribution in [2.75, 3.05) is 11.4 Å². The molecule has 1 aliphatic rings. The molecule has 2 heterocycles. The monoisotopic (exact) mass is 323 g/mol. The Labute approximate surface area is 138 Å². The van der Waals surface area contributed by atoms with Crippen LogP contribution in [0.4, 0.5) is 5.95 Å². The fraction of sp³-hybridized carbons (Fsp3) is 0.111. The van der Waals surface area contributed by atoms with Gasteiger partial charge in [-0.2, -0.15) is 0 Å². The van der Waals surface area contributed by atoms with Gasteiger partial charge in [-0.25, -0.2) is 4.98 Å². The molecule has 0 atom stereocenters. The number of hydrogen-bond acceptors (Lipinski definition) is 2. The summed E-state index contributed by atoms with van der Waals surface area (Å²) in [7, 11) is 0. The highest BCUT2D eigenvalue weighted by molar-refractivity contribution is 6.30. The average molecular weight is 324 g/mol. The Kier molecular flexibility index (Phi) is 3.39. The van der Waals surface area contributed by atoms with E-state index in [9.17, 15) is 4.79 Å². The first-order valence-corrected chi connectivity index (χ1v) is 7.80. The maximum Gasteiger partial charge on any atom is 0.253 e. The topological polar surface area (TPSA) is 38.1 Å². The lowest BCUT2D eigenvalue weighted by atomic mass is 10.2. The molecule has 3 aromatic rings. The van der Waals surface area contributed by atoms with Crippen molar-refractivity contribution in [3.63, 3.8) is 0 Å². The Morgan fingerprint density at radius 2 is 1.87 bits per heavy atom. The van der Waals surface area contributed by atoms with Gasteiger partial charge in [0, 0.05) is 24.2 Å². The molecule has 1 aliphatic heterocycles. The summed E-state index contributed by atoms with van der Waals surface area (Å²) < 4.78 is 2.09. The molecule has 23 heavy (non-hydrogen) atoms. The number of imidazole rings is 1. The lowest BCUT2D eigenvalue weighted by molar-refractivity contribution is -0.114. The third-order valence-electron chi connectivity index (χ3n) is 3.98. The summed E-state index contributed by atoms with van der Waals surface area (Å²) in [6, 6.07) is 15.3. The van der Waals surface area contributed by atoms with Gasteiger partial charge in [0.15, 0.2) is 0 Å². The number of benzene rings is 2. The zero-order valence-electron chi connectivity index (χ0n) is 12.3. The Morgan fingerprint density at radius 3 is 2.70 bits per heavy atom. The van der Waals surface area contributed by atoms with Crippen LogP contribution in [0, 0.1) is 0 Å². The van der Waals surface area contributed by atoms with Crippen LogP contribution in [0.1, 0.15) is 5.56 Å². The normalized spacial score (nSPS) is 13.9. The molecule has 5 heteroatoms. The zero-order valence-corrected chi connectivity index (χ0v) is 13.1. The first-order valence-electron chi connectivity index (χ1n) is 7.43. The highest BCUT2D eigenvalue weighted by Crippen LogP contribution is 2.27. The molecule has 0 saturated carbocycles. The lowest BCUT2D eigenvalue weighted by Gasteiger charge is -2.10. The van der Waals surface area contributed by atoms with Gasteiger partial charge in [0.25, 0.3) is 5.91 Å². The van der Waals surface area contributed by atoms with Gasteiger partial charge < -0.3 is 4.57 Å². The van der Waals surface area contributed by atoms with Crippen LogP contribution in [0.25, 0.3) is 17.1 Å². The second kappa shape index (κ2) is 5.56. The smallest absolute Gasteiger partial charge is 0.253 e. The number of fused-ring (bicyclic) bond motifs is 3. The maximum absolute atomic E-state index is 12.5. The third-order valence-corrected chi connectivity index (χ3v) is 4.23. The Hall–Kier alpha value is -2.59. The highest BCUT2D eigenvalue weighted by Gasteiger charge is 2.26. The highest BCUT2D eigenvalue weighted by atomic mass is 35.5. The number of carbonyl (C=O) groups is 1. The number of hydrogen-bond donors (Lipinski definition) is 0. The standard InChI is InChI=1S/C18H14ClN3O/c19-14-8-5-13(6-9-14)7-10-17(23)22-12-11-21-16-4-2-1-3-15(16)20-18(21)22/h1-10H,11-12H2/b10-7+. The fourth-order valence-corrected chi connectivity index (χ4v) is 2.96. The molecule has 0 bridgehead atoms. The summed E-state index contributed by atoms with van der Waals surface area (Å²) in [6.07, 6.45) is 3.38. The fourth-order valence-electron chi connectivity index (χ4n) is 2.83. The molecule has 1 amide bonds. The van der Waals surface area contributed by atoms with Crippen LogP contribution in [-0.4, -0.2) is 22.0 Å². The Balaban J connectivity index is 1.60. The van der Waals surface area contributed by atoms with Crippen LogP contribution in [0.2, 0.25) is 5.02 Å². The predicted molar refractivity (Wildman–Crippen MR) is 92.6 cm³/mol. The van der Waals surface area contributed by atoms with Gasteiger partial charge in [-0.3, -0.25) is 9.69 Å². The van der Waals surface area contributed by atoms with E-state index in [1.165, 1.54) is 0 Å². The minimum absolute atomic E-state index is 0.0611. The number of halogens is 1. The number of para-hydroxylation sites is 2. The van der Waals surface area contributed by atoms with E-state index in [1.54, 1.807) is 29.2 Å². The van der Waals surface area contributed by atoms with Crippen molar-refractivity contribution in [3.8, 4) is 0 Å². The van der Waals surface area contributed by atoms with E-state index >= 15 is 0 Å². The minimum atomic E-state index is -0.0611. The van der Waals surface area contributed by atoms with E-state index in [0.717, 1.165) is 29.1 Å². The first-order chi connectivity index (χ1) is 11.2. The third kappa shape index (κ3) is 2.51. The van der Waals surface area contributed by atoms with Gasteiger partial charge in [0.05, 0.1) is 11.0 Å². The van der Waals surface area contributed by atoms with E-state index in [-0.39, 0.29) is 5.91 Å². The predicted octanol–water partition coefficient (Wildman–Crippen LogP) is 3.75. The molecule has 0 radical (unpaired) electrons. The maximum atomic E-state index is 12.5. The summed E-state index contributed by atoms with van der Waals surface area (Å²) in [5, 5.41) is 0.682. The van der Waals surface area contributed by atoms with Gasteiger partial charge >= 0.3 is 0 Å². The van der Waals surface area contributed by atoms with E-state index < -0.39 is 0 Å². The molecule has 1 aromatic heterocycles. The van der Waals surface area contributed by atoms with Crippen LogP contribution in [0.15, 0.2) is 54.6 Å². The van der Waals surface area contributed by atoms with Crippen molar-refractivity contribution in [2.24, 2.45) is 0 Å². The molecule has 0 saturated heterocycles. The molecule has 0 N–H and O–H groups in total. The van der Waals surface area contributed by atoms with E-state index in [0.29, 0.717) is 11.6 Å². The zero-order chi connectivity index (χ0) is 15.8. The van der Waals surface area contributed by atoms with Crippen molar-refractivity contribution in [1.82, 2.24) is 9.55 Å². The van der Waals surface area contributed by atoms with Crippen molar-refractivity contribution in [1.29, 1.82) is 0 Å². The summed E-state index contributed by atoms with van der Waals surface area (Å²) in [5.74, 6) is 0.658. The van der Waals surface area contributed by atoms with Crippen molar-refractivity contribution >= 4 is 40.6 Å². The van der Waals surface area contributed by atoms with Crippen molar-refractivity contribution in [3.05, 3.63) is 65.2 Å². The summed E-state index contributed by atoms with van der Waals surface area (Å²) in [5.41, 5.74) is 2.93. The number of nitrogens with zero attached hydrogens (tertiary/aromatic N) is 3. The van der Waals surface area contributed by atoms with Crippen LogP contribution >= 0.6 is 11.6 Å². The van der Waals surface area contributed by atoms with E-state index in [4.69, 9.17) is 11.6 Å². The van der Waals surface area contributed by atoms with Gasteiger partial charge in [-0.15, -0.1) is 0 Å². The number of aromatic nitrogens is 2. The summed E-state index contributed by atoms with van der Waals surface area (Å²) >= 11 is 5.86. The van der Waals surface area contributed by atoms with Crippen molar-refractivity contribution < 1.29 is 4.79 Å². The molecule has 0 fully saturated rings. The molecular formula is C18H14ClN3O. The molecule has 0 unspecified atom stereocenters. The molecule has 0 spiro atoms. The van der Waals surface area contributed by atoms with Gasteiger partial charge in [0.2, 0.25) is 5.95 Å². The number of amides is 1. The molecule has 4 rings (SSSR count). The largest absolute Gasteiger partial charge is 0.308 e. The quantitative estimate of drug-likeness (QED) is 0.674. The van der Waals surface area contributed by atoms with Crippen LogP contribution in [0.5, 0.6) is 0 Å². The summed E-state index contributed by atoms with van der Waals surface area (Å²) in [4.78, 5) is 18.8. The SMILES string of the molecule is O=C(/C=C/c1ccc(Cl)cc1)N1CCn2c1nc1ccccc12. The van der Waals surface area contributed by atoms with Crippen LogP contribution < -0.4 is 4.90 Å². The van der Waals surface area contributed by atoms with Crippen LogP contribution in [0.3, 0.4) is 0 Å². The average Bonchev–Trinajstić information content (AvgIpc) is 3.13. The number of rotatable bonds is 2. The van der Waals surface area contributed by atoms with E-state index in [1.807, 2.05) is 36.4 Å². The second-order valence-corrected chi connectivity index (χ2v) is 5.86. The molecule has 4 nitrogen and oxygen atoms in total. The molecule has 2 aromatic carbocycles.